The highest BCUT2D eigenvalue weighted by Gasteiger charge is 2.18. The van der Waals surface area contributed by atoms with Crippen molar-refractivity contribution >= 4 is 38.6 Å². The number of fused-ring (bicyclic) bond motifs is 1. The highest BCUT2D eigenvalue weighted by molar-refractivity contribution is 9.10. The van der Waals surface area contributed by atoms with Crippen LogP contribution in [-0.2, 0) is 0 Å². The minimum Gasteiger partial charge on any atom is -0.244 e. The number of para-hydroxylation sites is 1. The first-order valence-corrected chi connectivity index (χ1v) is 5.75. The molecule has 2 rings (SSSR count). The van der Waals surface area contributed by atoms with Gasteiger partial charge in [-0.3, -0.25) is 0 Å². The van der Waals surface area contributed by atoms with Crippen molar-refractivity contribution in [3.05, 3.63) is 33.5 Å². The zero-order valence-electron chi connectivity index (χ0n) is 8.35. The maximum absolute atomic E-state index is 8.83. The van der Waals surface area contributed by atoms with E-state index in [4.69, 9.17) is 22.1 Å². The van der Waals surface area contributed by atoms with Crippen LogP contribution in [0.15, 0.2) is 22.7 Å². The van der Waals surface area contributed by atoms with Crippen LogP contribution in [0.5, 0.6) is 0 Å². The van der Waals surface area contributed by atoms with Crippen molar-refractivity contribution in [3.63, 3.8) is 0 Å². The molecule has 6 heteroatoms. The maximum Gasteiger partial charge on any atom is 0.178 e. The van der Waals surface area contributed by atoms with Gasteiger partial charge in [-0.25, -0.2) is 9.97 Å². The van der Waals surface area contributed by atoms with Crippen molar-refractivity contribution in [2.75, 3.05) is 0 Å². The largest absolute Gasteiger partial charge is 0.244 e. The monoisotopic (exact) mass is 306 g/mol. The number of hydrogen-bond donors (Lipinski definition) is 0. The minimum atomic E-state index is -1.01. The van der Waals surface area contributed by atoms with E-state index in [1.165, 1.54) is 0 Å². The lowest BCUT2D eigenvalue weighted by Crippen LogP contribution is -2.00. The van der Waals surface area contributed by atoms with Gasteiger partial charge in [0.1, 0.15) is 11.2 Å². The molecule has 2 aromatic rings. The summed E-state index contributed by atoms with van der Waals surface area (Å²) in [6, 6.07) is 9.04. The second-order valence-corrected chi connectivity index (χ2v) is 4.41. The third kappa shape index (κ3) is 2.08. The topological polar surface area (TPSA) is 73.4 Å². The highest BCUT2D eigenvalue weighted by Crippen LogP contribution is 2.27. The molecule has 0 aliphatic carbocycles. The molecule has 0 radical (unpaired) electrons. The summed E-state index contributed by atoms with van der Waals surface area (Å²) in [6.07, 6.45) is 0. The van der Waals surface area contributed by atoms with Crippen LogP contribution in [0, 0.1) is 22.7 Å². The van der Waals surface area contributed by atoms with Crippen molar-refractivity contribution in [1.82, 2.24) is 9.97 Å². The number of hydrogen-bond acceptors (Lipinski definition) is 4. The Bertz CT molecular complexity index is 657. The predicted molar refractivity (Wildman–Crippen MR) is 66.2 cm³/mol. The Morgan fingerprint density at radius 2 is 1.94 bits per heavy atom. The zero-order valence-corrected chi connectivity index (χ0v) is 10.7. The number of halogens is 2. The smallest absolute Gasteiger partial charge is 0.178 e. The van der Waals surface area contributed by atoms with Crippen LogP contribution in [0.3, 0.4) is 0 Å². The summed E-state index contributed by atoms with van der Waals surface area (Å²) in [6.45, 7) is 0. The van der Waals surface area contributed by atoms with Crippen LogP contribution in [-0.4, -0.2) is 9.97 Å². The van der Waals surface area contributed by atoms with Gasteiger partial charge in [0.2, 0.25) is 0 Å². The predicted octanol–water partition coefficient (Wildman–Crippen LogP) is 3.18. The molecule has 0 aliphatic heterocycles. The van der Waals surface area contributed by atoms with Crippen LogP contribution in [0.25, 0.3) is 11.0 Å². The molecule has 1 aromatic carbocycles. The lowest BCUT2D eigenvalue weighted by molar-refractivity contribution is 1.01. The number of nitriles is 2. The van der Waals surface area contributed by atoms with Crippen LogP contribution in [0.1, 0.15) is 11.6 Å². The summed E-state index contributed by atoms with van der Waals surface area (Å²) >= 11 is 9.25. The van der Waals surface area contributed by atoms with Crippen molar-refractivity contribution in [3.8, 4) is 12.1 Å². The van der Waals surface area contributed by atoms with Crippen LogP contribution in [0.4, 0.5) is 0 Å². The first-order chi connectivity index (χ1) is 8.17. The third-order valence-corrected chi connectivity index (χ3v) is 3.08. The summed E-state index contributed by atoms with van der Waals surface area (Å²) in [5.74, 6) is -1.01. The van der Waals surface area contributed by atoms with Crippen molar-refractivity contribution in [2.24, 2.45) is 0 Å². The van der Waals surface area contributed by atoms with Crippen molar-refractivity contribution in [2.45, 2.75) is 5.92 Å². The molecule has 17 heavy (non-hydrogen) atoms. The van der Waals surface area contributed by atoms with E-state index in [1.54, 1.807) is 6.07 Å². The highest BCUT2D eigenvalue weighted by atomic mass is 79.9. The van der Waals surface area contributed by atoms with Gasteiger partial charge in [0.05, 0.1) is 17.7 Å². The van der Waals surface area contributed by atoms with E-state index in [0.29, 0.717) is 11.0 Å². The maximum atomic E-state index is 8.83. The Labute approximate surface area is 111 Å². The molecule has 0 N–H and O–H groups in total. The molecule has 4 nitrogen and oxygen atoms in total. The third-order valence-electron chi connectivity index (χ3n) is 2.16. The van der Waals surface area contributed by atoms with Gasteiger partial charge in [-0.15, -0.1) is 0 Å². The molecule has 0 aliphatic rings. The average molecular weight is 308 g/mol. The molecule has 0 saturated heterocycles. The normalized spacial score (nSPS) is 10.2. The molecular formula is C11H4BrClN4. The van der Waals surface area contributed by atoms with Crippen LogP contribution >= 0.6 is 27.5 Å². The van der Waals surface area contributed by atoms with Gasteiger partial charge in [0.15, 0.2) is 11.1 Å². The van der Waals surface area contributed by atoms with E-state index in [9.17, 15) is 0 Å². The summed E-state index contributed by atoms with van der Waals surface area (Å²) in [5.41, 5.74) is 1.39. The van der Waals surface area contributed by atoms with Crippen molar-refractivity contribution in [1.29, 1.82) is 10.5 Å². The standard InChI is InChI=1S/C11H4BrClN4/c12-7-2-1-3-8-10(7)17-9(11(13)16-8)6(4-14)5-15/h1-3,6H. The molecule has 0 saturated carbocycles. The van der Waals surface area contributed by atoms with E-state index in [1.807, 2.05) is 24.3 Å². The molecule has 0 unspecified atom stereocenters. The number of nitrogens with zero attached hydrogens (tertiary/aromatic N) is 4. The molecule has 0 fully saturated rings. The van der Waals surface area contributed by atoms with E-state index in [-0.39, 0.29) is 10.8 Å². The molecule has 0 bridgehead atoms. The summed E-state index contributed by atoms with van der Waals surface area (Å²) in [7, 11) is 0. The SMILES string of the molecule is N#CC(C#N)c1nc2c(Br)cccc2nc1Cl. The van der Waals surface area contributed by atoms with Crippen LogP contribution < -0.4 is 0 Å². The lowest BCUT2D eigenvalue weighted by Gasteiger charge is -2.05. The first-order valence-electron chi connectivity index (χ1n) is 4.58. The molecule has 1 aromatic heterocycles. The fourth-order valence-corrected chi connectivity index (χ4v) is 2.06. The minimum absolute atomic E-state index is 0.0868. The Balaban J connectivity index is 2.76. The van der Waals surface area contributed by atoms with Gasteiger partial charge in [-0.05, 0) is 28.1 Å². The quantitative estimate of drug-likeness (QED) is 0.811. The van der Waals surface area contributed by atoms with E-state index in [0.717, 1.165) is 4.47 Å². The summed E-state index contributed by atoms with van der Waals surface area (Å²) in [4.78, 5) is 8.35. The van der Waals surface area contributed by atoms with Crippen molar-refractivity contribution < 1.29 is 0 Å². The second-order valence-electron chi connectivity index (χ2n) is 3.20. The molecule has 1 heterocycles. The number of aromatic nitrogens is 2. The Morgan fingerprint density at radius 1 is 1.24 bits per heavy atom. The van der Waals surface area contributed by atoms with E-state index >= 15 is 0 Å². The van der Waals surface area contributed by atoms with Gasteiger partial charge in [-0.1, -0.05) is 17.7 Å². The molecular weight excluding hydrogens is 304 g/mol. The lowest BCUT2D eigenvalue weighted by atomic mass is 10.1. The summed E-state index contributed by atoms with van der Waals surface area (Å²) < 4.78 is 0.745. The van der Waals surface area contributed by atoms with Gasteiger partial charge in [0.25, 0.3) is 0 Å². The summed E-state index contributed by atoms with van der Waals surface area (Å²) in [5, 5.41) is 17.8. The molecule has 0 spiro atoms. The molecule has 82 valence electrons. The number of rotatable bonds is 1. The molecule has 0 atom stereocenters. The Kier molecular flexibility index (Phi) is 3.23. The van der Waals surface area contributed by atoms with Crippen LogP contribution in [0.2, 0.25) is 5.15 Å². The average Bonchev–Trinajstić information content (AvgIpc) is 2.32. The Morgan fingerprint density at radius 3 is 2.59 bits per heavy atom. The fraction of sp³-hybridized carbons (Fsp3) is 0.0909. The molecule has 0 amide bonds. The van der Waals surface area contributed by atoms with E-state index in [2.05, 4.69) is 25.9 Å². The van der Waals surface area contributed by atoms with Gasteiger partial charge in [-0.2, -0.15) is 10.5 Å². The van der Waals surface area contributed by atoms with E-state index < -0.39 is 5.92 Å². The van der Waals surface area contributed by atoms with Gasteiger partial charge < -0.3 is 0 Å². The number of benzene rings is 1. The zero-order chi connectivity index (χ0) is 12.4. The van der Waals surface area contributed by atoms with Gasteiger partial charge in [0, 0.05) is 4.47 Å². The first kappa shape index (κ1) is 11.8. The van der Waals surface area contributed by atoms with Gasteiger partial charge >= 0.3 is 0 Å². The Hall–Kier alpha value is -1.69. The fourth-order valence-electron chi connectivity index (χ4n) is 1.37. The second kappa shape index (κ2) is 4.67.